The van der Waals surface area contributed by atoms with Crippen molar-refractivity contribution in [2.75, 3.05) is 19.7 Å². The molecule has 1 atom stereocenters. The van der Waals surface area contributed by atoms with Crippen LogP contribution in [-0.4, -0.2) is 53.3 Å². The van der Waals surface area contributed by atoms with E-state index >= 15 is 0 Å². The van der Waals surface area contributed by atoms with Gasteiger partial charge in [-0.25, -0.2) is 14.4 Å². The summed E-state index contributed by atoms with van der Waals surface area (Å²) in [5, 5.41) is 8.87. The van der Waals surface area contributed by atoms with Crippen molar-refractivity contribution in [3.05, 3.63) is 100 Å². The number of carbonyl (C=O) groups excluding carboxylic acids is 1. The maximum absolute atomic E-state index is 14.1. The number of hydrogen-bond acceptors (Lipinski definition) is 7. The fourth-order valence-corrected chi connectivity index (χ4v) is 4.90. The molecule has 3 aromatic rings. The largest absolute Gasteiger partial charge is 0.473 e. The Morgan fingerprint density at radius 3 is 2.88 bits per heavy atom. The third kappa shape index (κ3) is 7.04. The number of allylic oxidation sites excluding steroid dienone is 3. The van der Waals surface area contributed by atoms with Crippen LogP contribution in [0.4, 0.5) is 4.39 Å². The molecule has 1 fully saturated rings. The van der Waals surface area contributed by atoms with E-state index < -0.39 is 5.82 Å². The summed E-state index contributed by atoms with van der Waals surface area (Å²) < 4.78 is 27.6. The summed E-state index contributed by atoms with van der Waals surface area (Å²) >= 11 is 0. The Labute approximate surface area is 238 Å². The average molecular weight is 554 g/mol. The lowest BCUT2D eigenvalue weighted by molar-refractivity contribution is -0.0591. The molecule has 3 heterocycles. The number of ether oxygens (including phenoxy) is 2. The van der Waals surface area contributed by atoms with Gasteiger partial charge < -0.3 is 14.0 Å². The lowest BCUT2D eigenvalue weighted by Gasteiger charge is -2.29. The first-order chi connectivity index (χ1) is 20.1. The number of nitrogens with zero attached hydrogens (tertiary/aromatic N) is 5. The topological polar surface area (TPSA) is 92.7 Å². The quantitative estimate of drug-likeness (QED) is 0.0969. The van der Waals surface area contributed by atoms with Crippen molar-refractivity contribution >= 4 is 24.0 Å². The molecular formula is C32H32FN5O3. The van der Waals surface area contributed by atoms with Gasteiger partial charge in [-0.05, 0) is 62.4 Å². The van der Waals surface area contributed by atoms with Crippen molar-refractivity contribution in [2.24, 2.45) is 4.99 Å². The molecule has 1 saturated heterocycles. The van der Waals surface area contributed by atoms with Crippen LogP contribution < -0.4 is 0 Å². The highest BCUT2D eigenvalue weighted by atomic mass is 19.1. The Kier molecular flexibility index (Phi) is 9.14. The van der Waals surface area contributed by atoms with Crippen LogP contribution in [0.2, 0.25) is 0 Å². The van der Waals surface area contributed by atoms with E-state index in [0.717, 1.165) is 75.2 Å². The van der Waals surface area contributed by atoms with Crippen LogP contribution >= 0.6 is 0 Å². The molecule has 2 aliphatic heterocycles. The zero-order valence-corrected chi connectivity index (χ0v) is 22.8. The fraction of sp³-hybridized carbons (Fsp3) is 0.312. The van der Waals surface area contributed by atoms with Gasteiger partial charge in [-0.2, -0.15) is 5.26 Å². The van der Waals surface area contributed by atoms with E-state index in [9.17, 15) is 9.18 Å². The summed E-state index contributed by atoms with van der Waals surface area (Å²) in [7, 11) is 0. The van der Waals surface area contributed by atoms with E-state index in [1.165, 1.54) is 17.7 Å². The zero-order chi connectivity index (χ0) is 28.6. The van der Waals surface area contributed by atoms with Crippen molar-refractivity contribution in [3.8, 4) is 6.07 Å². The molecule has 5 rings (SSSR count). The van der Waals surface area contributed by atoms with Crippen molar-refractivity contribution in [1.29, 1.82) is 5.26 Å². The Bertz CT molecular complexity index is 1560. The van der Waals surface area contributed by atoms with E-state index in [4.69, 9.17) is 19.7 Å². The lowest BCUT2D eigenvalue weighted by Crippen LogP contribution is -2.33. The monoisotopic (exact) mass is 553 g/mol. The summed E-state index contributed by atoms with van der Waals surface area (Å²) in [5.74, 6) is 0.799. The molecular weight excluding hydrogens is 521 g/mol. The summed E-state index contributed by atoms with van der Waals surface area (Å²) in [6.45, 7) is 7.56. The third-order valence-corrected chi connectivity index (χ3v) is 7.39. The van der Waals surface area contributed by atoms with Crippen LogP contribution in [0.1, 0.15) is 46.6 Å². The Morgan fingerprint density at radius 1 is 1.32 bits per heavy atom. The van der Waals surface area contributed by atoms with Gasteiger partial charge in [0.25, 0.3) is 0 Å². The number of imidazole rings is 1. The molecule has 9 heteroatoms. The van der Waals surface area contributed by atoms with Crippen LogP contribution in [0.3, 0.4) is 0 Å². The van der Waals surface area contributed by atoms with Crippen molar-refractivity contribution in [2.45, 2.75) is 45.1 Å². The number of hydrogen-bond donors (Lipinski definition) is 0. The van der Waals surface area contributed by atoms with Gasteiger partial charge in [-0.1, -0.05) is 29.9 Å². The standard InChI is InChI=1S/C32H32FN5O3/c1-35-32(41-22-26-8-6-24(18-34)16-28(26)33)5-3-2-4-23-10-13-37(14-11-23)20-31-36-29-9-7-25(21-39)17-30(29)38(31)19-27-12-15-40-27/h2-3,5-10,16-17,21,27H,1,4,11-15,19-20,22H2/b3-2-,32-5+. The van der Waals surface area contributed by atoms with E-state index in [0.29, 0.717) is 17.0 Å². The van der Waals surface area contributed by atoms with Gasteiger partial charge in [0.05, 0.1) is 41.9 Å². The molecule has 0 amide bonds. The van der Waals surface area contributed by atoms with Crippen molar-refractivity contribution < 1.29 is 18.7 Å². The minimum absolute atomic E-state index is 0.00302. The number of halogens is 1. The Morgan fingerprint density at radius 2 is 2.20 bits per heavy atom. The summed E-state index contributed by atoms with van der Waals surface area (Å²) in [5.41, 5.74) is 4.49. The predicted octanol–water partition coefficient (Wildman–Crippen LogP) is 5.49. The molecule has 8 nitrogen and oxygen atoms in total. The van der Waals surface area contributed by atoms with E-state index in [1.807, 2.05) is 36.4 Å². The van der Waals surface area contributed by atoms with Gasteiger partial charge >= 0.3 is 0 Å². The van der Waals surface area contributed by atoms with E-state index in [1.54, 1.807) is 12.1 Å². The number of benzene rings is 2. The molecule has 0 spiro atoms. The highest BCUT2D eigenvalue weighted by Crippen LogP contribution is 2.24. The number of nitriles is 1. The Balaban J connectivity index is 1.15. The highest BCUT2D eigenvalue weighted by Gasteiger charge is 2.23. The second-order valence-electron chi connectivity index (χ2n) is 10.1. The van der Waals surface area contributed by atoms with Gasteiger partial charge in [0.2, 0.25) is 5.88 Å². The van der Waals surface area contributed by atoms with Crippen LogP contribution in [-0.2, 0) is 29.2 Å². The summed E-state index contributed by atoms with van der Waals surface area (Å²) in [6, 6.07) is 11.8. The van der Waals surface area contributed by atoms with Crippen LogP contribution in [0.5, 0.6) is 0 Å². The smallest absolute Gasteiger partial charge is 0.212 e. The van der Waals surface area contributed by atoms with Gasteiger partial charge in [-0.15, -0.1) is 0 Å². The van der Waals surface area contributed by atoms with Crippen LogP contribution in [0, 0.1) is 17.1 Å². The molecule has 2 aromatic carbocycles. The predicted molar refractivity (Wildman–Crippen MR) is 155 cm³/mol. The molecule has 0 bridgehead atoms. The second-order valence-corrected chi connectivity index (χ2v) is 10.1. The van der Waals surface area contributed by atoms with Gasteiger partial charge in [0, 0.05) is 30.8 Å². The molecule has 1 aromatic heterocycles. The average Bonchev–Trinajstić information content (AvgIpc) is 3.31. The maximum Gasteiger partial charge on any atom is 0.212 e. The molecule has 0 saturated carbocycles. The summed E-state index contributed by atoms with van der Waals surface area (Å²) in [6.07, 6.45) is 11.7. The third-order valence-electron chi connectivity index (χ3n) is 7.39. The fourth-order valence-electron chi connectivity index (χ4n) is 4.90. The maximum atomic E-state index is 14.1. The molecule has 0 aliphatic carbocycles. The number of rotatable bonds is 12. The minimum atomic E-state index is -0.488. The second kappa shape index (κ2) is 13.3. The molecule has 0 N–H and O–H groups in total. The Hall–Kier alpha value is -4.39. The van der Waals surface area contributed by atoms with Crippen molar-refractivity contribution in [3.63, 3.8) is 0 Å². The highest BCUT2D eigenvalue weighted by molar-refractivity contribution is 5.85. The molecule has 41 heavy (non-hydrogen) atoms. The molecule has 210 valence electrons. The zero-order valence-electron chi connectivity index (χ0n) is 22.8. The lowest BCUT2D eigenvalue weighted by atomic mass is 10.0. The number of aliphatic imine (C=N–C) groups is 1. The van der Waals surface area contributed by atoms with Gasteiger partial charge in [-0.3, -0.25) is 9.69 Å². The van der Waals surface area contributed by atoms with Gasteiger partial charge in [0.1, 0.15) is 24.5 Å². The SMILES string of the molecule is C=N/C(=C\C=C/CC1=CCN(Cc2nc3ccc(C=O)cc3n2CC2CCO2)CC1)OCc1ccc(C#N)cc1F. The van der Waals surface area contributed by atoms with Gasteiger partial charge in [0.15, 0.2) is 0 Å². The number of carbonyl (C=O) groups is 1. The first-order valence-electron chi connectivity index (χ1n) is 13.7. The number of aldehydes is 1. The number of fused-ring (bicyclic) bond motifs is 1. The molecule has 1 unspecified atom stereocenters. The van der Waals surface area contributed by atoms with Crippen molar-refractivity contribution in [1.82, 2.24) is 14.5 Å². The first kappa shape index (κ1) is 28.1. The first-order valence-corrected chi connectivity index (χ1v) is 13.7. The van der Waals surface area contributed by atoms with E-state index in [-0.39, 0.29) is 18.3 Å². The minimum Gasteiger partial charge on any atom is -0.473 e. The normalized spacial score (nSPS) is 17.7. The summed E-state index contributed by atoms with van der Waals surface area (Å²) in [4.78, 5) is 22.5. The van der Waals surface area contributed by atoms with E-state index in [2.05, 4.69) is 27.3 Å². The van der Waals surface area contributed by atoms with Crippen LogP contribution in [0.15, 0.2) is 77.2 Å². The molecule has 0 radical (unpaired) electrons. The number of aromatic nitrogens is 2. The molecule has 2 aliphatic rings. The van der Waals surface area contributed by atoms with Crippen LogP contribution in [0.25, 0.3) is 11.0 Å².